The van der Waals surface area contributed by atoms with Crippen LogP contribution >= 0.6 is 0 Å². The first kappa shape index (κ1) is 14.6. The zero-order chi connectivity index (χ0) is 15.9. The number of pyridine rings is 1. The van der Waals surface area contributed by atoms with Gasteiger partial charge >= 0.3 is 0 Å². The number of methoxy groups -OCH3 is 1. The molecule has 1 aliphatic rings. The smallest absolute Gasteiger partial charge is 0.150 e. The lowest BCUT2D eigenvalue weighted by molar-refractivity contribution is -0.125. The predicted octanol–water partition coefficient (Wildman–Crippen LogP) is 2.98. The molecule has 0 aliphatic heterocycles. The van der Waals surface area contributed by atoms with Gasteiger partial charge in [0.15, 0.2) is 5.78 Å². The van der Waals surface area contributed by atoms with E-state index in [9.17, 15) is 9.90 Å². The van der Waals surface area contributed by atoms with Crippen LogP contribution < -0.4 is 4.74 Å². The molecule has 1 aliphatic carbocycles. The number of Topliss-reactive ketones (excluding diaryl/α,β-unsaturated/α-hetero) is 1. The number of rotatable bonds is 2. The zero-order valence-electron chi connectivity index (χ0n) is 13.0. The molecule has 3 rings (SSSR count). The Bertz CT molecular complexity index is 737. The van der Waals surface area contributed by atoms with Crippen molar-refractivity contribution in [1.82, 2.24) is 4.98 Å². The van der Waals surface area contributed by atoms with Crippen LogP contribution in [0.4, 0.5) is 0 Å². The number of benzene rings is 1. The van der Waals surface area contributed by atoms with E-state index >= 15 is 0 Å². The molecule has 1 unspecified atom stereocenters. The summed E-state index contributed by atoms with van der Waals surface area (Å²) in [6.07, 6.45) is 3.58. The highest BCUT2D eigenvalue weighted by molar-refractivity contribution is 5.97. The molecule has 22 heavy (non-hydrogen) atoms. The van der Waals surface area contributed by atoms with Crippen LogP contribution in [0, 0.1) is 0 Å². The van der Waals surface area contributed by atoms with Crippen molar-refractivity contribution >= 4 is 5.78 Å². The van der Waals surface area contributed by atoms with E-state index in [1.807, 2.05) is 32.0 Å². The van der Waals surface area contributed by atoms with Crippen LogP contribution in [0.2, 0.25) is 0 Å². The number of aromatic hydroxyl groups is 1. The van der Waals surface area contributed by atoms with E-state index in [-0.39, 0.29) is 17.5 Å². The Morgan fingerprint density at radius 2 is 2.09 bits per heavy atom. The zero-order valence-corrected chi connectivity index (χ0v) is 13.0. The van der Waals surface area contributed by atoms with E-state index < -0.39 is 5.41 Å². The van der Waals surface area contributed by atoms with Gasteiger partial charge in [-0.1, -0.05) is 6.07 Å². The van der Waals surface area contributed by atoms with Crippen LogP contribution in [0.25, 0.3) is 0 Å². The van der Waals surface area contributed by atoms with E-state index in [2.05, 4.69) is 4.98 Å². The molecule has 1 aromatic heterocycles. The lowest BCUT2D eigenvalue weighted by Crippen LogP contribution is -2.39. The van der Waals surface area contributed by atoms with Crippen LogP contribution in [0.1, 0.15) is 36.5 Å². The molecule has 1 atom stereocenters. The van der Waals surface area contributed by atoms with Gasteiger partial charge in [0.25, 0.3) is 0 Å². The van der Waals surface area contributed by atoms with E-state index in [0.29, 0.717) is 12.0 Å². The average molecular weight is 297 g/mol. The third-order valence-electron chi connectivity index (χ3n) is 4.56. The molecule has 0 amide bonds. The minimum atomic E-state index is -0.623. The van der Waals surface area contributed by atoms with Gasteiger partial charge in [0, 0.05) is 17.2 Å². The Kier molecular flexibility index (Phi) is 3.39. The molecular weight excluding hydrogens is 278 g/mol. The second kappa shape index (κ2) is 5.13. The number of hydrogen-bond acceptors (Lipinski definition) is 4. The number of nitrogens with zero attached hydrogens (tertiary/aromatic N) is 1. The summed E-state index contributed by atoms with van der Waals surface area (Å²) in [5.41, 5.74) is 2.14. The fourth-order valence-corrected chi connectivity index (χ4v) is 3.27. The van der Waals surface area contributed by atoms with Gasteiger partial charge in [-0.05, 0) is 49.6 Å². The Balaban J connectivity index is 2.12. The first-order valence-electron chi connectivity index (χ1n) is 7.29. The minimum absolute atomic E-state index is 0.0774. The molecule has 0 fully saturated rings. The van der Waals surface area contributed by atoms with Gasteiger partial charge in [-0.2, -0.15) is 0 Å². The number of carbonyl (C=O) groups is 1. The molecule has 0 radical (unpaired) electrons. The van der Waals surface area contributed by atoms with Crippen LogP contribution in [-0.2, 0) is 16.6 Å². The predicted molar refractivity (Wildman–Crippen MR) is 83.4 cm³/mol. The lowest BCUT2D eigenvalue weighted by Gasteiger charge is -2.36. The molecule has 4 nitrogen and oxygen atoms in total. The van der Waals surface area contributed by atoms with E-state index in [1.54, 1.807) is 19.4 Å². The fourth-order valence-electron chi connectivity index (χ4n) is 3.27. The average Bonchev–Trinajstić information content (AvgIpc) is 2.51. The molecule has 1 N–H and O–H groups in total. The molecule has 1 heterocycles. The van der Waals surface area contributed by atoms with Crippen molar-refractivity contribution in [2.24, 2.45) is 0 Å². The highest BCUT2D eigenvalue weighted by Gasteiger charge is 2.42. The lowest BCUT2D eigenvalue weighted by atomic mass is 9.65. The van der Waals surface area contributed by atoms with Crippen molar-refractivity contribution in [3.05, 3.63) is 53.3 Å². The van der Waals surface area contributed by atoms with Gasteiger partial charge in [-0.15, -0.1) is 0 Å². The van der Waals surface area contributed by atoms with E-state index in [1.165, 1.54) is 6.20 Å². The standard InChI is InChI=1S/C18H19NO3/c1-18(2)15-9-12(22-3)5-4-11(15)8-14(17(18)21)13-6-7-19-10-16(13)20/h4-7,9-10,14,20H,8H2,1-3H3. The fraction of sp³-hybridized carbons (Fsp3) is 0.333. The Morgan fingerprint density at radius 3 is 2.77 bits per heavy atom. The first-order valence-corrected chi connectivity index (χ1v) is 7.29. The maximum absolute atomic E-state index is 13.0. The van der Waals surface area contributed by atoms with Crippen LogP contribution in [0.3, 0.4) is 0 Å². The Labute approximate surface area is 129 Å². The molecule has 2 aromatic rings. The number of carbonyl (C=O) groups excluding carboxylic acids is 1. The van der Waals surface area contributed by atoms with Gasteiger partial charge in [0.1, 0.15) is 11.5 Å². The summed E-state index contributed by atoms with van der Waals surface area (Å²) >= 11 is 0. The molecule has 0 saturated heterocycles. The highest BCUT2D eigenvalue weighted by atomic mass is 16.5. The van der Waals surface area contributed by atoms with Crippen molar-refractivity contribution in [1.29, 1.82) is 0 Å². The van der Waals surface area contributed by atoms with Gasteiger partial charge in [-0.3, -0.25) is 9.78 Å². The summed E-state index contributed by atoms with van der Waals surface area (Å²) in [6.45, 7) is 3.86. The molecule has 0 saturated carbocycles. The summed E-state index contributed by atoms with van der Waals surface area (Å²) in [4.78, 5) is 16.9. The summed E-state index contributed by atoms with van der Waals surface area (Å²) in [5.74, 6) is 0.590. The summed E-state index contributed by atoms with van der Waals surface area (Å²) in [6, 6.07) is 7.58. The molecule has 114 valence electrons. The monoisotopic (exact) mass is 297 g/mol. The third kappa shape index (κ3) is 2.15. The highest BCUT2D eigenvalue weighted by Crippen LogP contribution is 2.43. The number of hydrogen-bond donors (Lipinski definition) is 1. The minimum Gasteiger partial charge on any atom is -0.506 e. The van der Waals surface area contributed by atoms with Crippen molar-refractivity contribution in [2.45, 2.75) is 31.6 Å². The number of ether oxygens (including phenoxy) is 1. The van der Waals surface area contributed by atoms with Gasteiger partial charge < -0.3 is 9.84 Å². The van der Waals surface area contributed by atoms with E-state index in [4.69, 9.17) is 4.74 Å². The third-order valence-corrected chi connectivity index (χ3v) is 4.56. The van der Waals surface area contributed by atoms with Crippen molar-refractivity contribution < 1.29 is 14.6 Å². The van der Waals surface area contributed by atoms with Crippen molar-refractivity contribution in [3.8, 4) is 11.5 Å². The van der Waals surface area contributed by atoms with Crippen molar-refractivity contribution in [3.63, 3.8) is 0 Å². The maximum atomic E-state index is 13.0. The summed E-state index contributed by atoms with van der Waals surface area (Å²) < 4.78 is 5.28. The SMILES string of the molecule is COc1ccc2c(c1)C(C)(C)C(=O)C(c1ccncc1O)C2. The van der Waals surface area contributed by atoms with E-state index in [0.717, 1.165) is 16.9 Å². The molecule has 4 heteroatoms. The van der Waals surface area contributed by atoms with Crippen LogP contribution in [0.15, 0.2) is 36.7 Å². The van der Waals surface area contributed by atoms with Gasteiger partial charge in [0.2, 0.25) is 0 Å². The van der Waals surface area contributed by atoms with Crippen LogP contribution in [-0.4, -0.2) is 23.0 Å². The second-order valence-electron chi connectivity index (χ2n) is 6.20. The van der Waals surface area contributed by atoms with Crippen LogP contribution in [0.5, 0.6) is 11.5 Å². The Morgan fingerprint density at radius 1 is 1.32 bits per heavy atom. The summed E-state index contributed by atoms with van der Waals surface area (Å²) in [7, 11) is 1.62. The molecule has 0 spiro atoms. The number of ketones is 1. The molecular formula is C18H19NO3. The largest absolute Gasteiger partial charge is 0.506 e. The molecule has 1 aromatic carbocycles. The van der Waals surface area contributed by atoms with Gasteiger partial charge in [0.05, 0.1) is 19.2 Å². The quantitative estimate of drug-likeness (QED) is 0.925. The second-order valence-corrected chi connectivity index (χ2v) is 6.20. The Hall–Kier alpha value is -2.36. The summed E-state index contributed by atoms with van der Waals surface area (Å²) in [5, 5.41) is 10.0. The normalized spacial score (nSPS) is 19.6. The number of aromatic nitrogens is 1. The van der Waals surface area contributed by atoms with Crippen molar-refractivity contribution in [2.75, 3.05) is 7.11 Å². The maximum Gasteiger partial charge on any atom is 0.150 e. The molecule has 0 bridgehead atoms. The first-order chi connectivity index (χ1) is 10.4. The van der Waals surface area contributed by atoms with Gasteiger partial charge in [-0.25, -0.2) is 0 Å². The number of fused-ring (bicyclic) bond motifs is 1. The topological polar surface area (TPSA) is 59.4 Å².